The molecule has 1 aliphatic rings. The average Bonchev–Trinajstić information content (AvgIpc) is 2.54. The normalized spacial score (nSPS) is 16.0. The minimum absolute atomic E-state index is 0.485. The van der Waals surface area contributed by atoms with Crippen LogP contribution in [0.2, 0.25) is 0 Å². The molecular formula is C11H15N2O. The Bertz CT molecular complexity index is 314. The largest absolute Gasteiger partial charge is 0.575 e. The zero-order valence-corrected chi connectivity index (χ0v) is 8.44. The topological polar surface area (TPSA) is 32.2 Å². The highest BCUT2D eigenvalue weighted by atomic mass is 16.5. The molecule has 0 unspecified atom stereocenters. The van der Waals surface area contributed by atoms with Gasteiger partial charge in [0, 0.05) is 12.6 Å². The van der Waals surface area contributed by atoms with E-state index in [1.807, 2.05) is 24.3 Å². The highest BCUT2D eigenvalue weighted by Gasteiger charge is 2.28. The molecule has 75 valence electrons. The van der Waals surface area contributed by atoms with Crippen LogP contribution in [0.5, 0.6) is 0 Å². The lowest BCUT2D eigenvalue weighted by atomic mass is 10.2. The summed E-state index contributed by atoms with van der Waals surface area (Å²) in [5.41, 5.74) is 1.89. The SMILES string of the molecule is CCCCN1C[N+]([O-])c2ccccc21. The number of nitrogens with zero attached hydrogens (tertiary/aromatic N) is 2. The number of rotatable bonds is 3. The molecule has 1 aliphatic heterocycles. The summed E-state index contributed by atoms with van der Waals surface area (Å²) in [6.07, 6.45) is 2.31. The lowest BCUT2D eigenvalue weighted by Crippen LogP contribution is -2.28. The predicted octanol–water partition coefficient (Wildman–Crippen LogP) is 2.53. The van der Waals surface area contributed by atoms with Crippen molar-refractivity contribution in [3.05, 3.63) is 29.5 Å². The van der Waals surface area contributed by atoms with Gasteiger partial charge in [-0.25, -0.2) is 0 Å². The summed E-state index contributed by atoms with van der Waals surface area (Å²) in [6, 6.07) is 7.79. The van der Waals surface area contributed by atoms with Crippen LogP contribution in [-0.4, -0.2) is 13.2 Å². The smallest absolute Gasteiger partial charge is 0.207 e. The van der Waals surface area contributed by atoms with Gasteiger partial charge in [-0.05, 0) is 12.5 Å². The molecule has 14 heavy (non-hydrogen) atoms. The summed E-state index contributed by atoms with van der Waals surface area (Å²) in [7, 11) is 0. The van der Waals surface area contributed by atoms with Crippen LogP contribution in [0.25, 0.3) is 0 Å². The molecule has 1 radical (unpaired) electrons. The van der Waals surface area contributed by atoms with Crippen molar-refractivity contribution in [3.63, 3.8) is 0 Å². The van der Waals surface area contributed by atoms with Gasteiger partial charge in [0.2, 0.25) is 12.4 Å². The number of unbranched alkanes of at least 4 members (excludes halogenated alkanes) is 1. The van der Waals surface area contributed by atoms with E-state index in [0.29, 0.717) is 6.67 Å². The van der Waals surface area contributed by atoms with E-state index >= 15 is 0 Å². The number of hydrogen-bond acceptors (Lipinski definition) is 3. The van der Waals surface area contributed by atoms with Gasteiger partial charge in [0.05, 0.1) is 0 Å². The zero-order valence-electron chi connectivity index (χ0n) is 8.44. The number of benzene rings is 1. The van der Waals surface area contributed by atoms with Crippen LogP contribution >= 0.6 is 0 Å². The number of anilines is 2. The highest BCUT2D eigenvalue weighted by molar-refractivity contribution is 5.71. The van der Waals surface area contributed by atoms with E-state index in [-0.39, 0.29) is 0 Å². The molecule has 1 aromatic carbocycles. The molecule has 0 spiro atoms. The van der Waals surface area contributed by atoms with Gasteiger partial charge in [-0.3, -0.25) is 0 Å². The number of hydrogen-bond donors (Lipinski definition) is 0. The maximum Gasteiger partial charge on any atom is 0.207 e. The second-order valence-electron chi connectivity index (χ2n) is 3.63. The Balaban J connectivity index is 2.17. The highest BCUT2D eigenvalue weighted by Crippen LogP contribution is 2.34. The van der Waals surface area contributed by atoms with Crippen molar-refractivity contribution >= 4 is 11.4 Å². The Morgan fingerprint density at radius 3 is 3.00 bits per heavy atom. The first-order chi connectivity index (χ1) is 6.83. The Hall–Kier alpha value is -1.06. The van der Waals surface area contributed by atoms with Gasteiger partial charge in [0.15, 0.2) is 0 Å². The van der Waals surface area contributed by atoms with E-state index < -0.39 is 0 Å². The molecule has 0 aliphatic carbocycles. The maximum absolute atomic E-state index is 11.5. The Kier molecular flexibility index (Phi) is 2.70. The second-order valence-corrected chi connectivity index (χ2v) is 3.63. The summed E-state index contributed by atoms with van der Waals surface area (Å²) in [5, 5.41) is 12.6. The summed E-state index contributed by atoms with van der Waals surface area (Å²) >= 11 is 0. The Morgan fingerprint density at radius 2 is 2.21 bits per heavy atom. The predicted molar refractivity (Wildman–Crippen MR) is 58.7 cm³/mol. The van der Waals surface area contributed by atoms with Crippen LogP contribution in [-0.2, 0) is 0 Å². The third-order valence-corrected chi connectivity index (χ3v) is 2.57. The zero-order chi connectivity index (χ0) is 9.97. The van der Waals surface area contributed by atoms with Crippen molar-refractivity contribution < 1.29 is 0 Å². The fourth-order valence-corrected chi connectivity index (χ4v) is 1.79. The van der Waals surface area contributed by atoms with Crippen LogP contribution in [0, 0.1) is 5.21 Å². The lowest BCUT2D eigenvalue weighted by Gasteiger charge is -2.14. The van der Waals surface area contributed by atoms with Gasteiger partial charge >= 0.3 is 0 Å². The van der Waals surface area contributed by atoms with Crippen molar-refractivity contribution in [3.8, 4) is 0 Å². The van der Waals surface area contributed by atoms with Gasteiger partial charge in [-0.15, -0.1) is 5.06 Å². The van der Waals surface area contributed by atoms with Crippen LogP contribution in [0.15, 0.2) is 24.3 Å². The molecule has 3 heteroatoms. The lowest BCUT2D eigenvalue weighted by molar-refractivity contribution is 0.653. The van der Waals surface area contributed by atoms with Crippen molar-refractivity contribution in [2.75, 3.05) is 18.1 Å². The molecule has 2 rings (SSSR count). The molecule has 1 heterocycles. The molecular weight excluding hydrogens is 176 g/mol. The maximum atomic E-state index is 11.5. The van der Waals surface area contributed by atoms with E-state index in [2.05, 4.69) is 11.8 Å². The fraction of sp³-hybridized carbons (Fsp3) is 0.455. The first-order valence-electron chi connectivity index (χ1n) is 5.11. The van der Waals surface area contributed by atoms with Gasteiger partial charge < -0.3 is 10.1 Å². The van der Waals surface area contributed by atoms with Crippen LogP contribution in [0.1, 0.15) is 19.8 Å². The minimum Gasteiger partial charge on any atom is -0.575 e. The van der Waals surface area contributed by atoms with Crippen molar-refractivity contribution in [2.45, 2.75) is 19.8 Å². The van der Waals surface area contributed by atoms with Crippen molar-refractivity contribution in [1.82, 2.24) is 5.06 Å². The molecule has 0 saturated carbocycles. The summed E-state index contributed by atoms with van der Waals surface area (Å²) in [5.74, 6) is 0. The second kappa shape index (κ2) is 3.98. The Morgan fingerprint density at radius 1 is 1.43 bits per heavy atom. The minimum atomic E-state index is 0.485. The number of hydroxylamine groups is 1. The first-order valence-corrected chi connectivity index (χ1v) is 5.11. The summed E-state index contributed by atoms with van der Waals surface area (Å²) < 4.78 is 0. The van der Waals surface area contributed by atoms with Crippen LogP contribution in [0.4, 0.5) is 11.4 Å². The Labute approximate surface area is 84.5 Å². The van der Waals surface area contributed by atoms with E-state index in [1.54, 1.807) is 0 Å². The third kappa shape index (κ3) is 1.61. The van der Waals surface area contributed by atoms with Gasteiger partial charge in [0.1, 0.15) is 5.69 Å². The molecule has 0 fully saturated rings. The third-order valence-electron chi connectivity index (χ3n) is 2.57. The molecule has 0 N–H and O–H groups in total. The van der Waals surface area contributed by atoms with Gasteiger partial charge in [-0.1, -0.05) is 25.5 Å². The summed E-state index contributed by atoms with van der Waals surface area (Å²) in [4.78, 5) is 2.14. The van der Waals surface area contributed by atoms with Crippen molar-refractivity contribution in [2.24, 2.45) is 0 Å². The van der Waals surface area contributed by atoms with Gasteiger partial charge in [-0.2, -0.15) is 0 Å². The summed E-state index contributed by atoms with van der Waals surface area (Å²) in [6.45, 7) is 3.63. The molecule has 0 aromatic heterocycles. The van der Waals surface area contributed by atoms with E-state index in [9.17, 15) is 5.21 Å². The fourth-order valence-electron chi connectivity index (χ4n) is 1.79. The molecule has 3 nitrogen and oxygen atoms in total. The standard InChI is InChI=1S/C11H15N2O/c1-2-3-8-12-9-13(14)11-7-5-4-6-10(11)12/h4-7H,2-3,8-9H2,1H3. The van der Waals surface area contributed by atoms with E-state index in [0.717, 1.165) is 35.8 Å². The van der Waals surface area contributed by atoms with E-state index in [4.69, 9.17) is 0 Å². The first kappa shape index (κ1) is 9.49. The number of fused-ring (bicyclic) bond motifs is 1. The average molecular weight is 191 g/mol. The molecule has 0 bridgehead atoms. The van der Waals surface area contributed by atoms with Crippen LogP contribution in [0.3, 0.4) is 0 Å². The molecule has 0 amide bonds. The molecule has 0 atom stereocenters. The quantitative estimate of drug-likeness (QED) is 0.543. The monoisotopic (exact) mass is 191 g/mol. The molecule has 1 aromatic rings. The van der Waals surface area contributed by atoms with Crippen molar-refractivity contribution in [1.29, 1.82) is 0 Å². The van der Waals surface area contributed by atoms with Crippen LogP contribution < -0.4 is 9.96 Å². The molecule has 0 saturated heterocycles. The van der Waals surface area contributed by atoms with E-state index in [1.165, 1.54) is 0 Å². The van der Waals surface area contributed by atoms with Gasteiger partial charge in [0.25, 0.3) is 0 Å². The number of para-hydroxylation sites is 2.